The fourth-order valence-electron chi connectivity index (χ4n) is 2.00. The third-order valence-corrected chi connectivity index (χ3v) is 3.25. The normalized spacial score (nSPS) is 10.4. The third-order valence-electron chi connectivity index (χ3n) is 3.25. The molecule has 122 valence electrons. The molecule has 0 spiro atoms. The van der Waals surface area contributed by atoms with E-state index in [1.165, 1.54) is 0 Å². The van der Waals surface area contributed by atoms with Crippen LogP contribution >= 0.6 is 0 Å². The van der Waals surface area contributed by atoms with Gasteiger partial charge in [-0.05, 0) is 50.5 Å². The highest BCUT2D eigenvalue weighted by molar-refractivity contribution is 6.07. The van der Waals surface area contributed by atoms with E-state index in [2.05, 4.69) is 20.5 Å². The van der Waals surface area contributed by atoms with Crippen LogP contribution in [0.2, 0.25) is 0 Å². The minimum atomic E-state index is -0.199. The van der Waals surface area contributed by atoms with Crippen LogP contribution in [0.1, 0.15) is 10.4 Å². The van der Waals surface area contributed by atoms with Crippen molar-refractivity contribution < 1.29 is 9.53 Å². The van der Waals surface area contributed by atoms with Gasteiger partial charge in [0.15, 0.2) is 0 Å². The summed E-state index contributed by atoms with van der Waals surface area (Å²) in [5.41, 5.74) is 1.22. The van der Waals surface area contributed by atoms with E-state index in [9.17, 15) is 4.79 Å². The van der Waals surface area contributed by atoms with Gasteiger partial charge in [-0.25, -0.2) is 4.98 Å². The SMILES string of the molecule is COc1ccc(NC(=O)c2cccnc2NCCN(C)C)cc1. The molecule has 0 saturated carbocycles. The van der Waals surface area contributed by atoms with Crippen molar-refractivity contribution in [3.8, 4) is 5.75 Å². The van der Waals surface area contributed by atoms with Crippen molar-refractivity contribution in [2.24, 2.45) is 0 Å². The Morgan fingerprint density at radius 3 is 2.61 bits per heavy atom. The summed E-state index contributed by atoms with van der Waals surface area (Å²) in [5, 5.41) is 6.06. The van der Waals surface area contributed by atoms with Gasteiger partial charge < -0.3 is 20.3 Å². The monoisotopic (exact) mass is 314 g/mol. The van der Waals surface area contributed by atoms with Crippen molar-refractivity contribution in [3.63, 3.8) is 0 Å². The lowest BCUT2D eigenvalue weighted by Gasteiger charge is -2.13. The van der Waals surface area contributed by atoms with E-state index in [1.807, 2.05) is 14.1 Å². The molecular weight excluding hydrogens is 292 g/mol. The number of anilines is 2. The van der Waals surface area contributed by atoms with Gasteiger partial charge in [0.1, 0.15) is 11.6 Å². The molecule has 2 aromatic rings. The van der Waals surface area contributed by atoms with Crippen LogP contribution in [-0.2, 0) is 0 Å². The quantitative estimate of drug-likeness (QED) is 0.821. The molecule has 0 aliphatic rings. The number of carbonyl (C=O) groups excluding carboxylic acids is 1. The summed E-state index contributed by atoms with van der Waals surface area (Å²) in [7, 11) is 5.60. The molecule has 0 saturated heterocycles. The van der Waals surface area contributed by atoms with E-state index < -0.39 is 0 Å². The molecule has 0 unspecified atom stereocenters. The Morgan fingerprint density at radius 1 is 1.22 bits per heavy atom. The zero-order valence-electron chi connectivity index (χ0n) is 13.7. The van der Waals surface area contributed by atoms with Gasteiger partial charge in [-0.15, -0.1) is 0 Å². The zero-order valence-corrected chi connectivity index (χ0v) is 13.7. The molecule has 1 aromatic carbocycles. The van der Waals surface area contributed by atoms with Crippen molar-refractivity contribution in [2.75, 3.05) is 44.9 Å². The maximum atomic E-state index is 12.5. The second-order valence-electron chi connectivity index (χ2n) is 5.31. The highest BCUT2D eigenvalue weighted by Crippen LogP contribution is 2.18. The van der Waals surface area contributed by atoms with E-state index in [1.54, 1.807) is 49.7 Å². The zero-order chi connectivity index (χ0) is 16.7. The number of nitrogens with one attached hydrogen (secondary N) is 2. The summed E-state index contributed by atoms with van der Waals surface area (Å²) >= 11 is 0. The number of rotatable bonds is 7. The van der Waals surface area contributed by atoms with Crippen LogP contribution < -0.4 is 15.4 Å². The molecule has 0 aliphatic heterocycles. The second kappa shape index (κ2) is 8.14. The van der Waals surface area contributed by atoms with Crippen molar-refractivity contribution >= 4 is 17.4 Å². The van der Waals surface area contributed by atoms with Gasteiger partial charge in [0, 0.05) is 25.0 Å². The summed E-state index contributed by atoms with van der Waals surface area (Å²) in [6.07, 6.45) is 1.67. The van der Waals surface area contributed by atoms with Crippen LogP contribution in [-0.4, -0.2) is 50.1 Å². The van der Waals surface area contributed by atoms with Crippen LogP contribution in [0.4, 0.5) is 11.5 Å². The summed E-state index contributed by atoms with van der Waals surface area (Å²) in [6, 6.07) is 10.7. The Labute approximate surface area is 136 Å². The fourth-order valence-corrected chi connectivity index (χ4v) is 2.00. The molecule has 1 aromatic heterocycles. The molecule has 0 aliphatic carbocycles. The van der Waals surface area contributed by atoms with Crippen LogP contribution in [0.5, 0.6) is 5.75 Å². The topological polar surface area (TPSA) is 66.5 Å². The molecule has 0 fully saturated rings. The lowest BCUT2D eigenvalue weighted by Crippen LogP contribution is -2.23. The Balaban J connectivity index is 2.05. The minimum absolute atomic E-state index is 0.199. The average molecular weight is 314 g/mol. The highest BCUT2D eigenvalue weighted by atomic mass is 16.5. The first-order chi connectivity index (χ1) is 11.1. The maximum Gasteiger partial charge on any atom is 0.259 e. The number of carbonyl (C=O) groups is 1. The number of nitrogens with zero attached hydrogens (tertiary/aromatic N) is 2. The first kappa shape index (κ1) is 16.8. The summed E-state index contributed by atoms with van der Waals surface area (Å²) < 4.78 is 5.10. The van der Waals surface area contributed by atoms with Gasteiger partial charge in [0.05, 0.1) is 12.7 Å². The van der Waals surface area contributed by atoms with E-state index in [-0.39, 0.29) is 5.91 Å². The molecule has 0 bridgehead atoms. The predicted octanol–water partition coefficient (Wildman–Crippen LogP) is 2.32. The van der Waals surface area contributed by atoms with Crippen LogP contribution in [0.3, 0.4) is 0 Å². The summed E-state index contributed by atoms with van der Waals surface area (Å²) in [4.78, 5) is 18.8. The number of pyridine rings is 1. The van der Waals surface area contributed by atoms with Crippen molar-refractivity contribution in [1.82, 2.24) is 9.88 Å². The van der Waals surface area contributed by atoms with E-state index in [4.69, 9.17) is 4.74 Å². The number of aromatic nitrogens is 1. The molecule has 0 radical (unpaired) electrons. The third kappa shape index (κ3) is 4.96. The molecule has 0 atom stereocenters. The molecule has 6 heteroatoms. The van der Waals surface area contributed by atoms with Gasteiger partial charge >= 0.3 is 0 Å². The van der Waals surface area contributed by atoms with E-state index in [0.29, 0.717) is 23.6 Å². The first-order valence-electron chi connectivity index (χ1n) is 7.39. The van der Waals surface area contributed by atoms with Gasteiger partial charge in [0.2, 0.25) is 0 Å². The Hall–Kier alpha value is -2.60. The predicted molar refractivity (Wildman–Crippen MR) is 92.2 cm³/mol. The molecule has 2 N–H and O–H groups in total. The maximum absolute atomic E-state index is 12.5. The lowest BCUT2D eigenvalue weighted by atomic mass is 10.2. The molecule has 1 amide bonds. The molecule has 6 nitrogen and oxygen atoms in total. The van der Waals surface area contributed by atoms with Crippen molar-refractivity contribution in [1.29, 1.82) is 0 Å². The highest BCUT2D eigenvalue weighted by Gasteiger charge is 2.12. The smallest absolute Gasteiger partial charge is 0.259 e. The van der Waals surface area contributed by atoms with Crippen molar-refractivity contribution in [2.45, 2.75) is 0 Å². The molecule has 2 rings (SSSR count). The van der Waals surface area contributed by atoms with Gasteiger partial charge in [0.25, 0.3) is 5.91 Å². The van der Waals surface area contributed by atoms with E-state index >= 15 is 0 Å². The van der Waals surface area contributed by atoms with Crippen LogP contribution in [0, 0.1) is 0 Å². The Bertz CT molecular complexity index is 641. The Kier molecular flexibility index (Phi) is 5.94. The standard InChI is InChI=1S/C17H22N4O2/c1-21(2)12-11-19-16-15(5-4-10-18-16)17(22)20-13-6-8-14(23-3)9-7-13/h4-10H,11-12H2,1-3H3,(H,18,19)(H,20,22). The molecule has 23 heavy (non-hydrogen) atoms. The first-order valence-corrected chi connectivity index (χ1v) is 7.39. The molecule has 1 heterocycles. The summed E-state index contributed by atoms with van der Waals surface area (Å²) in [5.74, 6) is 1.13. The number of hydrogen-bond acceptors (Lipinski definition) is 5. The van der Waals surface area contributed by atoms with E-state index in [0.717, 1.165) is 12.3 Å². The largest absolute Gasteiger partial charge is 0.497 e. The number of hydrogen-bond donors (Lipinski definition) is 2. The van der Waals surface area contributed by atoms with Gasteiger partial charge in [-0.2, -0.15) is 0 Å². The number of methoxy groups -OCH3 is 1. The van der Waals surface area contributed by atoms with Gasteiger partial charge in [-0.3, -0.25) is 4.79 Å². The number of ether oxygens (including phenoxy) is 1. The molecular formula is C17H22N4O2. The Morgan fingerprint density at radius 2 is 1.96 bits per heavy atom. The second-order valence-corrected chi connectivity index (χ2v) is 5.31. The fraction of sp³-hybridized carbons (Fsp3) is 0.294. The van der Waals surface area contributed by atoms with Crippen molar-refractivity contribution in [3.05, 3.63) is 48.2 Å². The summed E-state index contributed by atoms with van der Waals surface area (Å²) in [6.45, 7) is 1.57. The lowest BCUT2D eigenvalue weighted by molar-refractivity contribution is 0.102. The average Bonchev–Trinajstić information content (AvgIpc) is 2.55. The number of amides is 1. The number of benzene rings is 1. The van der Waals surface area contributed by atoms with Crippen LogP contribution in [0.15, 0.2) is 42.6 Å². The number of likely N-dealkylation sites (N-methyl/N-ethyl adjacent to an activating group) is 1. The van der Waals surface area contributed by atoms with Gasteiger partial charge in [-0.1, -0.05) is 0 Å². The minimum Gasteiger partial charge on any atom is -0.497 e. The van der Waals surface area contributed by atoms with Crippen LogP contribution in [0.25, 0.3) is 0 Å².